The highest BCUT2D eigenvalue weighted by Gasteiger charge is 2.11. The number of amides is 1. The van der Waals surface area contributed by atoms with Gasteiger partial charge in [0.1, 0.15) is 0 Å². The van der Waals surface area contributed by atoms with Gasteiger partial charge in [0.25, 0.3) is 0 Å². The van der Waals surface area contributed by atoms with Crippen LogP contribution in [0.4, 0.5) is 0 Å². The molecule has 0 saturated carbocycles. The van der Waals surface area contributed by atoms with Gasteiger partial charge in [-0.25, -0.2) is 0 Å². The van der Waals surface area contributed by atoms with Gasteiger partial charge in [-0.2, -0.15) is 4.98 Å². The Hall–Kier alpha value is -2.87. The molecular weight excluding hydrogens is 366 g/mol. The summed E-state index contributed by atoms with van der Waals surface area (Å²) in [5.41, 5.74) is 1.10. The maximum absolute atomic E-state index is 12.0. The molecule has 0 spiro atoms. The van der Waals surface area contributed by atoms with Gasteiger partial charge in [-0.3, -0.25) is 4.79 Å². The van der Waals surface area contributed by atoms with Crippen molar-refractivity contribution in [3.05, 3.63) is 47.2 Å². The van der Waals surface area contributed by atoms with E-state index in [0.717, 1.165) is 23.3 Å². The first-order chi connectivity index (χ1) is 13.2. The van der Waals surface area contributed by atoms with E-state index >= 15 is 0 Å². The largest absolute Gasteiger partial charge is 0.493 e. The lowest BCUT2D eigenvalue weighted by atomic mass is 10.1. The number of benzene rings is 1. The molecule has 0 aliphatic rings. The fourth-order valence-corrected chi connectivity index (χ4v) is 3.23. The molecule has 0 aliphatic heterocycles. The van der Waals surface area contributed by atoms with Crippen LogP contribution in [0.15, 0.2) is 40.2 Å². The number of hydrogen-bond donors (Lipinski definition) is 1. The van der Waals surface area contributed by atoms with E-state index in [2.05, 4.69) is 15.5 Å². The molecule has 1 amide bonds. The van der Waals surface area contributed by atoms with Crippen LogP contribution in [0.5, 0.6) is 11.5 Å². The van der Waals surface area contributed by atoms with Crippen molar-refractivity contribution < 1.29 is 18.8 Å². The molecule has 27 heavy (non-hydrogen) atoms. The monoisotopic (exact) mass is 387 g/mol. The molecule has 2 aromatic heterocycles. The van der Waals surface area contributed by atoms with E-state index < -0.39 is 0 Å². The molecule has 0 fully saturated rings. The fourth-order valence-electron chi connectivity index (χ4n) is 2.58. The fraction of sp³-hybridized carbons (Fsp3) is 0.316. The van der Waals surface area contributed by atoms with Crippen LogP contribution in [-0.4, -0.2) is 30.3 Å². The molecule has 3 aromatic rings. The number of aromatic nitrogens is 2. The lowest BCUT2D eigenvalue weighted by molar-refractivity contribution is -0.121. The van der Waals surface area contributed by atoms with Crippen LogP contribution in [0.2, 0.25) is 0 Å². The Morgan fingerprint density at radius 2 is 2.07 bits per heavy atom. The zero-order chi connectivity index (χ0) is 19.1. The standard InChI is InChI=1S/C19H21N3O4S/c1-24-14-9-8-13(11-15(14)25-2)5-3-7-17(23)20-12-18-21-19(22-26-18)16-6-4-10-27-16/h4,6,8-11H,3,5,7,12H2,1-2H3,(H,20,23). The highest BCUT2D eigenvalue weighted by molar-refractivity contribution is 7.13. The van der Waals surface area contributed by atoms with Crippen LogP contribution in [0, 0.1) is 0 Å². The van der Waals surface area contributed by atoms with E-state index in [4.69, 9.17) is 14.0 Å². The minimum Gasteiger partial charge on any atom is -0.493 e. The molecule has 0 atom stereocenters. The normalized spacial score (nSPS) is 10.6. The van der Waals surface area contributed by atoms with Gasteiger partial charge in [0.05, 0.1) is 25.6 Å². The summed E-state index contributed by atoms with van der Waals surface area (Å²) in [5, 5.41) is 8.68. The first-order valence-electron chi connectivity index (χ1n) is 8.53. The van der Waals surface area contributed by atoms with Crippen molar-refractivity contribution in [3.8, 4) is 22.2 Å². The number of aryl methyl sites for hydroxylation is 1. The second-order valence-electron chi connectivity index (χ2n) is 5.81. The summed E-state index contributed by atoms with van der Waals surface area (Å²) in [7, 11) is 3.21. The van der Waals surface area contributed by atoms with Gasteiger partial charge in [0.15, 0.2) is 11.5 Å². The number of methoxy groups -OCH3 is 2. The van der Waals surface area contributed by atoms with Gasteiger partial charge < -0.3 is 19.3 Å². The van der Waals surface area contributed by atoms with Crippen molar-refractivity contribution in [1.29, 1.82) is 0 Å². The smallest absolute Gasteiger partial charge is 0.246 e. The summed E-state index contributed by atoms with van der Waals surface area (Å²) < 4.78 is 15.7. The van der Waals surface area contributed by atoms with Gasteiger partial charge in [0.2, 0.25) is 17.6 Å². The third-order valence-corrected chi connectivity index (χ3v) is 4.83. The summed E-state index contributed by atoms with van der Waals surface area (Å²) >= 11 is 1.54. The molecule has 142 valence electrons. The lowest BCUT2D eigenvalue weighted by Gasteiger charge is -2.09. The van der Waals surface area contributed by atoms with Gasteiger partial charge >= 0.3 is 0 Å². The number of nitrogens with one attached hydrogen (secondary N) is 1. The van der Waals surface area contributed by atoms with Crippen LogP contribution in [0.3, 0.4) is 0 Å². The molecular formula is C19H21N3O4S. The van der Waals surface area contributed by atoms with E-state index in [9.17, 15) is 4.79 Å². The molecule has 1 N–H and O–H groups in total. The molecule has 0 saturated heterocycles. The van der Waals surface area contributed by atoms with Crippen LogP contribution >= 0.6 is 11.3 Å². The van der Waals surface area contributed by atoms with E-state index in [0.29, 0.717) is 29.6 Å². The number of hydrogen-bond acceptors (Lipinski definition) is 7. The average Bonchev–Trinajstić information content (AvgIpc) is 3.37. The van der Waals surface area contributed by atoms with Crippen molar-refractivity contribution in [2.24, 2.45) is 0 Å². The minimum absolute atomic E-state index is 0.0497. The number of nitrogens with zero attached hydrogens (tertiary/aromatic N) is 2. The number of rotatable bonds is 9. The molecule has 8 heteroatoms. The minimum atomic E-state index is -0.0497. The van der Waals surface area contributed by atoms with Gasteiger partial charge in [-0.05, 0) is 42.0 Å². The Morgan fingerprint density at radius 1 is 1.22 bits per heavy atom. The zero-order valence-corrected chi connectivity index (χ0v) is 16.0. The Kier molecular flexibility index (Phi) is 6.43. The maximum Gasteiger partial charge on any atom is 0.246 e. The summed E-state index contributed by atoms with van der Waals surface area (Å²) in [6.45, 7) is 0.230. The summed E-state index contributed by atoms with van der Waals surface area (Å²) in [4.78, 5) is 17.2. The first kappa shape index (κ1) is 18.9. The second-order valence-corrected chi connectivity index (χ2v) is 6.76. The van der Waals surface area contributed by atoms with Crippen LogP contribution in [0.1, 0.15) is 24.3 Å². The van der Waals surface area contributed by atoms with E-state index in [1.807, 2.05) is 35.7 Å². The van der Waals surface area contributed by atoms with Crippen molar-refractivity contribution in [2.75, 3.05) is 14.2 Å². The Morgan fingerprint density at radius 3 is 2.81 bits per heavy atom. The average molecular weight is 387 g/mol. The molecule has 0 radical (unpaired) electrons. The lowest BCUT2D eigenvalue weighted by Crippen LogP contribution is -2.22. The third kappa shape index (κ3) is 5.07. The maximum atomic E-state index is 12.0. The topological polar surface area (TPSA) is 86.5 Å². The summed E-state index contributed by atoms with van der Waals surface area (Å²) in [5.74, 6) is 2.28. The molecule has 2 heterocycles. The van der Waals surface area contributed by atoms with Gasteiger partial charge in [-0.1, -0.05) is 17.3 Å². The van der Waals surface area contributed by atoms with E-state index in [1.165, 1.54) is 11.3 Å². The number of ether oxygens (including phenoxy) is 2. The van der Waals surface area contributed by atoms with Gasteiger partial charge in [0, 0.05) is 6.42 Å². The predicted molar refractivity (Wildman–Crippen MR) is 102 cm³/mol. The zero-order valence-electron chi connectivity index (χ0n) is 15.2. The van der Waals surface area contributed by atoms with Crippen LogP contribution in [-0.2, 0) is 17.8 Å². The Balaban J connectivity index is 1.42. The first-order valence-corrected chi connectivity index (χ1v) is 9.41. The molecule has 1 aromatic carbocycles. The number of carbonyl (C=O) groups is 1. The molecule has 0 unspecified atom stereocenters. The molecule has 7 nitrogen and oxygen atoms in total. The van der Waals surface area contributed by atoms with Gasteiger partial charge in [-0.15, -0.1) is 11.3 Å². The van der Waals surface area contributed by atoms with Crippen molar-refractivity contribution in [2.45, 2.75) is 25.8 Å². The SMILES string of the molecule is COc1ccc(CCCC(=O)NCc2nc(-c3cccs3)no2)cc1OC. The van der Waals surface area contributed by atoms with E-state index in [-0.39, 0.29) is 12.5 Å². The summed E-state index contributed by atoms with van der Waals surface area (Å²) in [6.07, 6.45) is 1.92. The van der Waals surface area contributed by atoms with Crippen molar-refractivity contribution >= 4 is 17.2 Å². The van der Waals surface area contributed by atoms with Crippen molar-refractivity contribution in [3.63, 3.8) is 0 Å². The Bertz CT molecular complexity index is 877. The predicted octanol–water partition coefficient (Wildman–Crippen LogP) is 3.45. The highest BCUT2D eigenvalue weighted by Crippen LogP contribution is 2.28. The molecule has 0 bridgehead atoms. The summed E-state index contributed by atoms with van der Waals surface area (Å²) in [6, 6.07) is 9.63. The number of carbonyl (C=O) groups excluding carboxylic acids is 1. The van der Waals surface area contributed by atoms with Crippen molar-refractivity contribution in [1.82, 2.24) is 15.5 Å². The third-order valence-electron chi connectivity index (χ3n) is 3.96. The second kappa shape index (κ2) is 9.18. The Labute approximate surface area is 161 Å². The molecule has 0 aliphatic carbocycles. The highest BCUT2D eigenvalue weighted by atomic mass is 32.1. The van der Waals surface area contributed by atoms with E-state index in [1.54, 1.807) is 14.2 Å². The molecule has 3 rings (SSSR count). The quantitative estimate of drug-likeness (QED) is 0.605. The van der Waals surface area contributed by atoms with Crippen LogP contribution < -0.4 is 14.8 Å². The van der Waals surface area contributed by atoms with Crippen LogP contribution in [0.25, 0.3) is 10.7 Å². The number of thiophene rings is 1.